The van der Waals surface area contributed by atoms with Crippen LogP contribution in [-0.2, 0) is 11.3 Å². The van der Waals surface area contributed by atoms with Crippen LogP contribution in [0.2, 0.25) is 0 Å². The van der Waals surface area contributed by atoms with E-state index in [-0.39, 0.29) is 23.8 Å². The van der Waals surface area contributed by atoms with E-state index in [0.29, 0.717) is 23.4 Å². The molecule has 1 aliphatic carbocycles. The number of rotatable bonds is 8. The lowest BCUT2D eigenvalue weighted by atomic mass is 9.84. The summed E-state index contributed by atoms with van der Waals surface area (Å²) in [6, 6.07) is 7.34. The van der Waals surface area contributed by atoms with Crippen molar-refractivity contribution < 1.29 is 9.18 Å². The van der Waals surface area contributed by atoms with E-state index < -0.39 is 0 Å². The molecule has 0 saturated heterocycles. The Balaban J connectivity index is 1.11. The molecule has 1 aromatic carbocycles. The number of aryl methyl sites for hydroxylation is 2. The third kappa shape index (κ3) is 6.17. The Morgan fingerprint density at radius 3 is 2.67 bits per heavy atom. The monoisotopic (exact) mass is 612 g/mol. The molecule has 206 valence electrons. The fraction of sp³-hybridized carbons (Fsp3) is 0.448. The van der Waals surface area contributed by atoms with Gasteiger partial charge in [0.1, 0.15) is 5.82 Å². The van der Waals surface area contributed by atoms with Crippen LogP contribution in [-0.4, -0.2) is 36.5 Å². The second-order valence-electron chi connectivity index (χ2n) is 10.5. The highest BCUT2D eigenvalue weighted by Crippen LogP contribution is 2.33. The van der Waals surface area contributed by atoms with Crippen molar-refractivity contribution in [1.82, 2.24) is 29.9 Å². The second-order valence-corrected chi connectivity index (χ2v) is 12.4. The number of benzene rings is 1. The van der Waals surface area contributed by atoms with E-state index in [2.05, 4.69) is 66.4 Å². The third-order valence-corrected chi connectivity index (χ3v) is 9.27. The lowest BCUT2D eigenvalue weighted by Gasteiger charge is -2.28. The highest BCUT2D eigenvalue weighted by Gasteiger charge is 2.26. The van der Waals surface area contributed by atoms with E-state index in [1.807, 2.05) is 24.7 Å². The van der Waals surface area contributed by atoms with Crippen molar-refractivity contribution in [2.45, 2.75) is 84.3 Å². The molecule has 0 bridgehead atoms. The van der Waals surface area contributed by atoms with Crippen LogP contribution in [0.1, 0.15) is 78.6 Å². The van der Waals surface area contributed by atoms with Crippen LogP contribution in [0.25, 0.3) is 11.3 Å². The third-order valence-electron chi connectivity index (χ3n) is 7.89. The van der Waals surface area contributed by atoms with Gasteiger partial charge >= 0.3 is 0 Å². The van der Waals surface area contributed by atoms with Gasteiger partial charge in [0, 0.05) is 53.5 Å². The summed E-state index contributed by atoms with van der Waals surface area (Å²) in [7, 11) is 0. The SMILES string of the molecule is Cc1nc(-c2cc(C)n(CCC(=O)NC3CCC(c4cn([C@H](C)c5ccc(F)c(Br)c5)nn4)CC3)c2C)cs1. The van der Waals surface area contributed by atoms with Gasteiger partial charge in [-0.2, -0.15) is 0 Å². The van der Waals surface area contributed by atoms with Gasteiger partial charge in [0.15, 0.2) is 0 Å². The normalized spacial score (nSPS) is 18.3. The molecule has 4 aromatic rings. The van der Waals surface area contributed by atoms with Gasteiger partial charge in [-0.15, -0.1) is 16.4 Å². The number of amides is 1. The number of carbonyl (C=O) groups excluding carboxylic acids is 1. The molecular weight excluding hydrogens is 579 g/mol. The van der Waals surface area contributed by atoms with Gasteiger partial charge in [0.25, 0.3) is 0 Å². The van der Waals surface area contributed by atoms with Crippen LogP contribution in [0.15, 0.2) is 40.3 Å². The van der Waals surface area contributed by atoms with Crippen molar-refractivity contribution in [1.29, 1.82) is 0 Å². The zero-order valence-electron chi connectivity index (χ0n) is 22.7. The zero-order valence-corrected chi connectivity index (χ0v) is 25.1. The van der Waals surface area contributed by atoms with Gasteiger partial charge in [-0.05, 0) is 93.1 Å². The lowest BCUT2D eigenvalue weighted by Crippen LogP contribution is -2.37. The molecule has 1 aliphatic rings. The van der Waals surface area contributed by atoms with Crippen LogP contribution < -0.4 is 5.32 Å². The number of nitrogens with one attached hydrogen (secondary N) is 1. The zero-order chi connectivity index (χ0) is 27.7. The average Bonchev–Trinajstić information content (AvgIpc) is 3.64. The van der Waals surface area contributed by atoms with E-state index in [4.69, 9.17) is 0 Å². The minimum Gasteiger partial charge on any atom is -0.353 e. The number of carbonyl (C=O) groups is 1. The predicted octanol–water partition coefficient (Wildman–Crippen LogP) is 6.87. The molecule has 10 heteroatoms. The Labute approximate surface area is 241 Å². The number of halogens is 2. The van der Waals surface area contributed by atoms with Gasteiger partial charge < -0.3 is 9.88 Å². The Morgan fingerprint density at radius 2 is 1.97 bits per heavy atom. The molecule has 1 N–H and O–H groups in total. The first-order chi connectivity index (χ1) is 18.7. The quantitative estimate of drug-likeness (QED) is 0.235. The molecule has 7 nitrogen and oxygen atoms in total. The molecule has 0 spiro atoms. The smallest absolute Gasteiger partial charge is 0.222 e. The Bertz CT molecular complexity index is 1470. The average molecular weight is 614 g/mol. The first-order valence-electron chi connectivity index (χ1n) is 13.4. The lowest BCUT2D eigenvalue weighted by molar-refractivity contribution is -0.122. The number of hydrogen-bond acceptors (Lipinski definition) is 5. The summed E-state index contributed by atoms with van der Waals surface area (Å²) < 4.78 is 18.1. The highest BCUT2D eigenvalue weighted by molar-refractivity contribution is 9.10. The van der Waals surface area contributed by atoms with Crippen molar-refractivity contribution in [3.05, 3.63) is 73.8 Å². The summed E-state index contributed by atoms with van der Waals surface area (Å²) in [4.78, 5) is 17.4. The van der Waals surface area contributed by atoms with Crippen LogP contribution in [0.5, 0.6) is 0 Å². The summed E-state index contributed by atoms with van der Waals surface area (Å²) in [6.45, 7) is 8.90. The summed E-state index contributed by atoms with van der Waals surface area (Å²) in [6.07, 6.45) is 6.25. The van der Waals surface area contributed by atoms with Crippen molar-refractivity contribution >= 4 is 33.2 Å². The van der Waals surface area contributed by atoms with Crippen molar-refractivity contribution in [2.75, 3.05) is 0 Å². The predicted molar refractivity (Wildman–Crippen MR) is 155 cm³/mol. The molecule has 1 saturated carbocycles. The molecule has 0 radical (unpaired) electrons. The van der Waals surface area contributed by atoms with E-state index in [1.165, 1.54) is 6.07 Å². The fourth-order valence-corrected chi connectivity index (χ4v) is 6.54. The minimum absolute atomic E-state index is 0.0481. The molecule has 1 atom stereocenters. The Kier molecular flexibility index (Phi) is 8.32. The molecular formula is C29H34BrFN6OS. The summed E-state index contributed by atoms with van der Waals surface area (Å²) in [5.74, 6) is 0.152. The van der Waals surface area contributed by atoms with Gasteiger partial charge in [-0.1, -0.05) is 11.3 Å². The van der Waals surface area contributed by atoms with Crippen LogP contribution >= 0.6 is 27.3 Å². The molecule has 1 amide bonds. The van der Waals surface area contributed by atoms with Gasteiger partial charge in [-0.25, -0.2) is 14.1 Å². The van der Waals surface area contributed by atoms with Crippen molar-refractivity contribution in [3.63, 3.8) is 0 Å². The molecule has 1 fully saturated rings. The topological polar surface area (TPSA) is 77.6 Å². The van der Waals surface area contributed by atoms with E-state index in [0.717, 1.165) is 64.6 Å². The largest absolute Gasteiger partial charge is 0.353 e. The van der Waals surface area contributed by atoms with Gasteiger partial charge in [0.05, 0.1) is 26.9 Å². The summed E-state index contributed by atoms with van der Waals surface area (Å²) in [5, 5.41) is 15.2. The Hall–Kier alpha value is -2.85. The van der Waals surface area contributed by atoms with Gasteiger partial charge in [-0.3, -0.25) is 4.79 Å². The maximum absolute atomic E-state index is 13.6. The van der Waals surface area contributed by atoms with Crippen LogP contribution in [0.4, 0.5) is 4.39 Å². The molecule has 0 unspecified atom stereocenters. The standard InChI is InChI=1S/C29H34BrFN6OS/c1-17-13-24(28-16-39-20(4)32-28)19(3)36(17)12-11-29(38)33-23-8-5-21(6-9-23)27-15-37(35-34-27)18(2)22-7-10-26(31)25(30)14-22/h7,10,13-16,18,21,23H,5-6,8-9,11-12H2,1-4H3,(H,33,38)/t18-,21?,23?/m1/s1. The van der Waals surface area contributed by atoms with E-state index in [9.17, 15) is 9.18 Å². The maximum atomic E-state index is 13.6. The number of aromatic nitrogens is 5. The second kappa shape index (κ2) is 11.7. The van der Waals surface area contributed by atoms with E-state index in [1.54, 1.807) is 23.5 Å². The fourth-order valence-electron chi connectivity index (χ4n) is 5.53. The first kappa shape index (κ1) is 27.7. The minimum atomic E-state index is -0.278. The summed E-state index contributed by atoms with van der Waals surface area (Å²) >= 11 is 4.92. The molecule has 5 rings (SSSR count). The van der Waals surface area contributed by atoms with Crippen molar-refractivity contribution in [2.24, 2.45) is 0 Å². The van der Waals surface area contributed by atoms with Crippen LogP contribution in [0.3, 0.4) is 0 Å². The van der Waals surface area contributed by atoms with Crippen LogP contribution in [0, 0.1) is 26.6 Å². The Morgan fingerprint density at radius 1 is 1.21 bits per heavy atom. The van der Waals surface area contributed by atoms with E-state index >= 15 is 0 Å². The van der Waals surface area contributed by atoms with Crippen molar-refractivity contribution in [3.8, 4) is 11.3 Å². The summed E-state index contributed by atoms with van der Waals surface area (Å²) in [5.41, 5.74) is 6.41. The molecule has 3 aromatic heterocycles. The molecule has 3 heterocycles. The molecule has 0 aliphatic heterocycles. The first-order valence-corrected chi connectivity index (χ1v) is 15.1. The highest BCUT2D eigenvalue weighted by atomic mass is 79.9. The van der Waals surface area contributed by atoms with Gasteiger partial charge in [0.2, 0.25) is 5.91 Å². The number of nitrogens with zero attached hydrogens (tertiary/aromatic N) is 5. The number of hydrogen-bond donors (Lipinski definition) is 1. The number of thiazole rings is 1. The molecule has 39 heavy (non-hydrogen) atoms. The maximum Gasteiger partial charge on any atom is 0.222 e.